The van der Waals surface area contributed by atoms with Crippen molar-refractivity contribution in [2.45, 2.75) is 25.1 Å². The van der Waals surface area contributed by atoms with Crippen LogP contribution < -0.4 is 5.32 Å². The summed E-state index contributed by atoms with van der Waals surface area (Å²) in [6, 6.07) is 9.33. The molecule has 4 heteroatoms. The highest BCUT2D eigenvalue weighted by molar-refractivity contribution is 6.20. The number of aromatic nitrogens is 1. The molecule has 1 heterocycles. The molecule has 1 unspecified atom stereocenters. The molecule has 0 saturated carbocycles. The van der Waals surface area contributed by atoms with Gasteiger partial charge in [-0.05, 0) is 37.1 Å². The zero-order chi connectivity index (χ0) is 13.7. The van der Waals surface area contributed by atoms with Gasteiger partial charge in [-0.1, -0.05) is 13.0 Å². The Morgan fingerprint density at radius 3 is 3.05 bits per heavy atom. The second-order valence-corrected chi connectivity index (χ2v) is 5.08. The Morgan fingerprint density at radius 2 is 2.26 bits per heavy atom. The molecule has 19 heavy (non-hydrogen) atoms. The van der Waals surface area contributed by atoms with Gasteiger partial charge in [0, 0.05) is 29.1 Å². The van der Waals surface area contributed by atoms with E-state index in [1.807, 2.05) is 31.2 Å². The molecule has 0 aliphatic rings. The summed E-state index contributed by atoms with van der Waals surface area (Å²) in [5.74, 6) is -0.0641. The quantitative estimate of drug-likeness (QED) is 0.851. The van der Waals surface area contributed by atoms with Crippen molar-refractivity contribution in [2.24, 2.45) is 0 Å². The van der Waals surface area contributed by atoms with Gasteiger partial charge in [0.05, 0.1) is 5.52 Å². The van der Waals surface area contributed by atoms with Gasteiger partial charge in [-0.15, -0.1) is 11.6 Å². The van der Waals surface area contributed by atoms with Crippen LogP contribution in [0.3, 0.4) is 0 Å². The Kier molecular flexibility index (Phi) is 4.74. The number of halogens is 1. The number of rotatable bonds is 5. The number of benzene rings is 1. The number of pyridine rings is 1. The van der Waals surface area contributed by atoms with Gasteiger partial charge in [0.1, 0.15) is 0 Å². The van der Waals surface area contributed by atoms with E-state index in [0.717, 1.165) is 23.7 Å². The largest absolute Gasteiger partial charge is 0.352 e. The summed E-state index contributed by atoms with van der Waals surface area (Å²) < 4.78 is 0. The third kappa shape index (κ3) is 3.67. The minimum absolute atomic E-state index is 0.0641. The number of nitrogens with one attached hydrogen (secondary N) is 1. The smallest absolute Gasteiger partial charge is 0.251 e. The van der Waals surface area contributed by atoms with Gasteiger partial charge in [0.25, 0.3) is 5.91 Å². The van der Waals surface area contributed by atoms with Crippen LogP contribution in [0.5, 0.6) is 0 Å². The average molecular weight is 277 g/mol. The maximum atomic E-state index is 12.0. The number of carbonyl (C=O) groups excluding carboxylic acids is 1. The highest BCUT2D eigenvalue weighted by atomic mass is 35.5. The van der Waals surface area contributed by atoms with Crippen molar-refractivity contribution < 1.29 is 4.79 Å². The summed E-state index contributed by atoms with van der Waals surface area (Å²) in [4.78, 5) is 16.2. The highest BCUT2D eigenvalue weighted by Crippen LogP contribution is 2.13. The average Bonchev–Trinajstić information content (AvgIpc) is 2.46. The molecule has 0 bridgehead atoms. The normalized spacial score (nSPS) is 12.3. The van der Waals surface area contributed by atoms with Crippen LogP contribution in [0, 0.1) is 0 Å². The number of amides is 1. The molecule has 3 nitrogen and oxygen atoms in total. The molecule has 0 saturated heterocycles. The number of hydrogen-bond acceptors (Lipinski definition) is 2. The van der Waals surface area contributed by atoms with Gasteiger partial charge < -0.3 is 5.32 Å². The molecule has 0 radical (unpaired) electrons. The van der Waals surface area contributed by atoms with Crippen molar-refractivity contribution in [3.8, 4) is 0 Å². The number of carbonyl (C=O) groups is 1. The third-order valence-electron chi connectivity index (χ3n) is 3.05. The summed E-state index contributed by atoms with van der Waals surface area (Å²) in [5, 5.41) is 3.98. The standard InChI is InChI=1S/C15H17ClN2O/c1-2-13(16)7-9-18-15(19)12-5-6-14-11(10-12)4-3-8-17-14/h3-6,8,10,13H,2,7,9H2,1H3,(H,18,19). The molecule has 1 N–H and O–H groups in total. The fourth-order valence-electron chi connectivity index (χ4n) is 1.87. The van der Waals surface area contributed by atoms with Crippen LogP contribution in [0.4, 0.5) is 0 Å². The lowest BCUT2D eigenvalue weighted by molar-refractivity contribution is 0.0953. The predicted molar refractivity (Wildman–Crippen MR) is 78.6 cm³/mol. The molecule has 2 rings (SSSR count). The summed E-state index contributed by atoms with van der Waals surface area (Å²) in [5.41, 5.74) is 1.55. The first-order valence-electron chi connectivity index (χ1n) is 6.47. The molecular weight excluding hydrogens is 260 g/mol. The molecule has 1 atom stereocenters. The van der Waals surface area contributed by atoms with Crippen molar-refractivity contribution in [3.05, 3.63) is 42.1 Å². The molecule has 100 valence electrons. The van der Waals surface area contributed by atoms with E-state index in [9.17, 15) is 4.79 Å². The van der Waals surface area contributed by atoms with Crippen LogP contribution in [0.2, 0.25) is 0 Å². The monoisotopic (exact) mass is 276 g/mol. The first kappa shape index (κ1) is 13.8. The lowest BCUT2D eigenvalue weighted by atomic mass is 10.1. The van der Waals surface area contributed by atoms with Gasteiger partial charge in [0.15, 0.2) is 0 Å². The van der Waals surface area contributed by atoms with E-state index in [0.29, 0.717) is 12.1 Å². The molecule has 0 fully saturated rings. The van der Waals surface area contributed by atoms with E-state index < -0.39 is 0 Å². The number of alkyl halides is 1. The number of hydrogen-bond donors (Lipinski definition) is 1. The lowest BCUT2D eigenvalue weighted by Crippen LogP contribution is -2.26. The maximum Gasteiger partial charge on any atom is 0.251 e. The van der Waals surface area contributed by atoms with Crippen LogP contribution in [-0.4, -0.2) is 22.8 Å². The van der Waals surface area contributed by atoms with Crippen molar-refractivity contribution >= 4 is 28.4 Å². The molecule has 2 aromatic rings. The SMILES string of the molecule is CCC(Cl)CCNC(=O)c1ccc2ncccc2c1. The second-order valence-electron chi connectivity index (χ2n) is 4.46. The van der Waals surface area contributed by atoms with E-state index in [-0.39, 0.29) is 11.3 Å². The fourth-order valence-corrected chi connectivity index (χ4v) is 1.97. The second kappa shape index (κ2) is 6.53. The Labute approximate surface area is 118 Å². The van der Waals surface area contributed by atoms with Crippen LogP contribution >= 0.6 is 11.6 Å². The highest BCUT2D eigenvalue weighted by Gasteiger charge is 2.07. The van der Waals surface area contributed by atoms with E-state index in [2.05, 4.69) is 10.3 Å². The van der Waals surface area contributed by atoms with Gasteiger partial charge in [-0.2, -0.15) is 0 Å². The molecule has 0 aliphatic heterocycles. The minimum Gasteiger partial charge on any atom is -0.352 e. The molecule has 0 aliphatic carbocycles. The number of fused-ring (bicyclic) bond motifs is 1. The van der Waals surface area contributed by atoms with Crippen LogP contribution in [-0.2, 0) is 0 Å². The van der Waals surface area contributed by atoms with Crippen molar-refractivity contribution in [2.75, 3.05) is 6.54 Å². The topological polar surface area (TPSA) is 42.0 Å². The van der Waals surface area contributed by atoms with Gasteiger partial charge in [-0.3, -0.25) is 9.78 Å². The summed E-state index contributed by atoms with van der Waals surface area (Å²) in [7, 11) is 0. The first-order valence-corrected chi connectivity index (χ1v) is 6.91. The zero-order valence-electron chi connectivity index (χ0n) is 10.9. The van der Waals surface area contributed by atoms with E-state index in [1.54, 1.807) is 12.3 Å². The molecule has 1 aromatic heterocycles. The summed E-state index contributed by atoms with van der Waals surface area (Å²) in [6.07, 6.45) is 3.45. The Bertz CT molecular complexity index is 571. The summed E-state index contributed by atoms with van der Waals surface area (Å²) in [6.45, 7) is 2.64. The predicted octanol–water partition coefficient (Wildman–Crippen LogP) is 3.37. The Balaban J connectivity index is 2.01. The zero-order valence-corrected chi connectivity index (χ0v) is 11.7. The molecular formula is C15H17ClN2O. The maximum absolute atomic E-state index is 12.0. The van der Waals surface area contributed by atoms with Crippen molar-refractivity contribution in [3.63, 3.8) is 0 Å². The van der Waals surface area contributed by atoms with E-state index in [4.69, 9.17) is 11.6 Å². The van der Waals surface area contributed by atoms with Crippen LogP contribution in [0.15, 0.2) is 36.5 Å². The van der Waals surface area contributed by atoms with Gasteiger partial charge >= 0.3 is 0 Å². The summed E-state index contributed by atoms with van der Waals surface area (Å²) >= 11 is 6.01. The Morgan fingerprint density at radius 1 is 1.42 bits per heavy atom. The van der Waals surface area contributed by atoms with E-state index in [1.165, 1.54) is 0 Å². The Hall–Kier alpha value is -1.61. The molecule has 1 amide bonds. The molecule has 1 aromatic carbocycles. The molecule has 0 spiro atoms. The fraction of sp³-hybridized carbons (Fsp3) is 0.333. The van der Waals surface area contributed by atoms with E-state index >= 15 is 0 Å². The van der Waals surface area contributed by atoms with Crippen molar-refractivity contribution in [1.82, 2.24) is 10.3 Å². The van der Waals surface area contributed by atoms with Gasteiger partial charge in [0.2, 0.25) is 0 Å². The van der Waals surface area contributed by atoms with Crippen LogP contribution in [0.25, 0.3) is 10.9 Å². The number of nitrogens with zero attached hydrogens (tertiary/aromatic N) is 1. The third-order valence-corrected chi connectivity index (χ3v) is 3.58. The van der Waals surface area contributed by atoms with Crippen LogP contribution in [0.1, 0.15) is 30.1 Å². The lowest BCUT2D eigenvalue weighted by Gasteiger charge is -2.08. The first-order chi connectivity index (χ1) is 9.20. The minimum atomic E-state index is -0.0641. The van der Waals surface area contributed by atoms with Gasteiger partial charge in [-0.25, -0.2) is 0 Å². The van der Waals surface area contributed by atoms with Crippen molar-refractivity contribution in [1.29, 1.82) is 0 Å².